The van der Waals surface area contributed by atoms with Gasteiger partial charge in [0.25, 0.3) is 0 Å². The van der Waals surface area contributed by atoms with Crippen LogP contribution in [0.25, 0.3) is 0 Å². The quantitative estimate of drug-likeness (QED) is 0.329. The molecule has 0 unspecified atom stereocenters. The maximum Gasteiger partial charge on any atom is 0.174 e. The molecule has 0 fully saturated rings. The fraction of sp³-hybridized carbons (Fsp3) is 0.0952. The predicted molar refractivity (Wildman–Crippen MR) is 103 cm³/mol. The second-order valence-electron chi connectivity index (χ2n) is 5.85. The van der Waals surface area contributed by atoms with Gasteiger partial charge in [0.1, 0.15) is 5.15 Å². The lowest BCUT2D eigenvalue weighted by molar-refractivity contribution is 0.0806. The molecule has 5 heteroatoms. The summed E-state index contributed by atoms with van der Waals surface area (Å²) in [6, 6.07) is 18.8. The smallest absolute Gasteiger partial charge is 0.174 e. The van der Waals surface area contributed by atoms with Gasteiger partial charge in [0, 0.05) is 22.3 Å². The van der Waals surface area contributed by atoms with E-state index in [-0.39, 0.29) is 18.0 Å². The largest absolute Gasteiger partial charge is 0.293 e. The fourth-order valence-electron chi connectivity index (χ4n) is 2.69. The highest BCUT2D eigenvalue weighted by molar-refractivity contribution is 6.30. The molecule has 130 valence electrons. The molecule has 1 aromatic heterocycles. The zero-order chi connectivity index (χ0) is 18.5. The third kappa shape index (κ3) is 4.37. The Hall–Kier alpha value is -2.49. The van der Waals surface area contributed by atoms with E-state index >= 15 is 0 Å². The first-order valence-electron chi connectivity index (χ1n) is 8.04. The van der Waals surface area contributed by atoms with E-state index in [1.165, 1.54) is 0 Å². The van der Waals surface area contributed by atoms with Gasteiger partial charge in [-0.05, 0) is 42.3 Å². The van der Waals surface area contributed by atoms with Crippen LogP contribution in [0.1, 0.15) is 26.3 Å². The Morgan fingerprint density at radius 1 is 0.808 bits per heavy atom. The topological polar surface area (TPSA) is 47.0 Å². The van der Waals surface area contributed by atoms with Gasteiger partial charge in [-0.2, -0.15) is 0 Å². The number of benzene rings is 2. The van der Waals surface area contributed by atoms with Gasteiger partial charge < -0.3 is 0 Å². The summed E-state index contributed by atoms with van der Waals surface area (Å²) in [5.74, 6) is -1.31. The van der Waals surface area contributed by atoms with Gasteiger partial charge in [-0.3, -0.25) is 9.59 Å². The standard InChI is InChI=1S/C21H15Cl2NO2/c22-17-9-7-16(8-10-17)21(26)18(12-14-6-11-19(23)24-13-14)20(25)15-4-2-1-3-5-15/h1-11,13,18H,12H2/t18-/m1/s1. The van der Waals surface area contributed by atoms with Crippen molar-refractivity contribution >= 4 is 34.8 Å². The van der Waals surface area contributed by atoms with Crippen molar-refractivity contribution in [3.8, 4) is 0 Å². The van der Waals surface area contributed by atoms with E-state index in [9.17, 15) is 9.59 Å². The SMILES string of the molecule is O=C(c1ccccc1)[C@@H](Cc1ccc(Cl)nc1)C(=O)c1ccc(Cl)cc1. The molecule has 0 aliphatic heterocycles. The number of pyridine rings is 1. The van der Waals surface area contributed by atoms with Crippen molar-refractivity contribution in [2.24, 2.45) is 5.92 Å². The first kappa shape index (κ1) is 18.3. The zero-order valence-corrected chi connectivity index (χ0v) is 15.2. The van der Waals surface area contributed by atoms with E-state index in [0.717, 1.165) is 5.56 Å². The number of aromatic nitrogens is 1. The van der Waals surface area contributed by atoms with Crippen LogP contribution in [0.2, 0.25) is 10.2 Å². The second-order valence-corrected chi connectivity index (χ2v) is 6.67. The molecule has 2 aromatic carbocycles. The molecule has 3 rings (SSSR count). The summed E-state index contributed by atoms with van der Waals surface area (Å²) in [6.45, 7) is 0. The van der Waals surface area contributed by atoms with Crippen LogP contribution < -0.4 is 0 Å². The molecular weight excluding hydrogens is 369 g/mol. The molecule has 0 bridgehead atoms. The third-order valence-corrected chi connectivity index (χ3v) is 4.52. The minimum atomic E-state index is -0.846. The van der Waals surface area contributed by atoms with Gasteiger partial charge in [-0.1, -0.05) is 59.6 Å². The van der Waals surface area contributed by atoms with E-state index in [4.69, 9.17) is 23.2 Å². The number of carbonyl (C=O) groups excluding carboxylic acids is 2. The Balaban J connectivity index is 1.94. The molecular formula is C21H15Cl2NO2. The van der Waals surface area contributed by atoms with Gasteiger partial charge in [0.05, 0.1) is 5.92 Å². The normalized spacial score (nSPS) is 11.8. The number of nitrogens with zero attached hydrogens (tertiary/aromatic N) is 1. The maximum atomic E-state index is 13.0. The molecule has 26 heavy (non-hydrogen) atoms. The number of hydrogen-bond donors (Lipinski definition) is 0. The highest BCUT2D eigenvalue weighted by atomic mass is 35.5. The molecule has 0 N–H and O–H groups in total. The number of rotatable bonds is 6. The van der Waals surface area contributed by atoms with Gasteiger partial charge in [-0.15, -0.1) is 0 Å². The van der Waals surface area contributed by atoms with Crippen LogP contribution in [0.3, 0.4) is 0 Å². The van der Waals surface area contributed by atoms with Crippen molar-refractivity contribution in [2.45, 2.75) is 6.42 Å². The molecule has 3 nitrogen and oxygen atoms in total. The van der Waals surface area contributed by atoms with Crippen LogP contribution in [-0.2, 0) is 6.42 Å². The van der Waals surface area contributed by atoms with Crippen LogP contribution in [0.15, 0.2) is 72.9 Å². The van der Waals surface area contributed by atoms with Gasteiger partial charge in [-0.25, -0.2) is 4.98 Å². The summed E-state index contributed by atoms with van der Waals surface area (Å²) in [4.78, 5) is 30.1. The number of halogens is 2. The number of ketones is 2. The number of Topliss-reactive ketones (excluding diaryl/α,β-unsaturated/α-hetero) is 2. The molecule has 0 amide bonds. The van der Waals surface area contributed by atoms with Crippen molar-refractivity contribution in [1.29, 1.82) is 0 Å². The lowest BCUT2D eigenvalue weighted by Gasteiger charge is -2.15. The Bertz CT molecular complexity index is 907. The van der Waals surface area contributed by atoms with E-state index in [0.29, 0.717) is 21.3 Å². The highest BCUT2D eigenvalue weighted by Crippen LogP contribution is 2.21. The van der Waals surface area contributed by atoms with Crippen LogP contribution in [-0.4, -0.2) is 16.6 Å². The van der Waals surface area contributed by atoms with E-state index in [1.54, 1.807) is 66.9 Å². The molecule has 0 aliphatic carbocycles. The summed E-state index contributed by atoms with van der Waals surface area (Å²) in [6.07, 6.45) is 1.84. The Morgan fingerprint density at radius 3 is 2.00 bits per heavy atom. The van der Waals surface area contributed by atoms with Crippen LogP contribution in [0.4, 0.5) is 0 Å². The van der Waals surface area contributed by atoms with Crippen LogP contribution in [0, 0.1) is 5.92 Å². The molecule has 0 saturated carbocycles. The summed E-state index contributed by atoms with van der Waals surface area (Å²) in [5.41, 5.74) is 1.72. The lowest BCUT2D eigenvalue weighted by Crippen LogP contribution is -2.26. The predicted octanol–water partition coefficient (Wildman–Crippen LogP) is 5.31. The highest BCUT2D eigenvalue weighted by Gasteiger charge is 2.28. The van der Waals surface area contributed by atoms with Crippen molar-refractivity contribution in [1.82, 2.24) is 4.98 Å². The maximum absolute atomic E-state index is 13.0. The minimum absolute atomic E-state index is 0.222. The summed E-state index contributed by atoms with van der Waals surface area (Å²) in [7, 11) is 0. The van der Waals surface area contributed by atoms with Crippen LogP contribution >= 0.6 is 23.2 Å². The molecule has 1 heterocycles. The van der Waals surface area contributed by atoms with Crippen molar-refractivity contribution in [3.63, 3.8) is 0 Å². The van der Waals surface area contributed by atoms with Gasteiger partial charge >= 0.3 is 0 Å². The summed E-state index contributed by atoms with van der Waals surface area (Å²) in [5, 5.41) is 0.901. The van der Waals surface area contributed by atoms with E-state index in [2.05, 4.69) is 4.98 Å². The second kappa shape index (κ2) is 8.26. The molecule has 0 spiro atoms. The Morgan fingerprint density at radius 2 is 1.42 bits per heavy atom. The number of carbonyl (C=O) groups is 2. The first-order chi connectivity index (χ1) is 12.5. The molecule has 0 aliphatic rings. The van der Waals surface area contributed by atoms with Crippen LogP contribution in [0.5, 0.6) is 0 Å². The Kier molecular flexibility index (Phi) is 5.82. The van der Waals surface area contributed by atoms with E-state index < -0.39 is 5.92 Å². The first-order valence-corrected chi connectivity index (χ1v) is 8.79. The fourth-order valence-corrected chi connectivity index (χ4v) is 2.92. The molecule has 0 saturated heterocycles. The van der Waals surface area contributed by atoms with Crippen molar-refractivity contribution in [2.75, 3.05) is 0 Å². The molecule has 1 atom stereocenters. The lowest BCUT2D eigenvalue weighted by atomic mass is 9.85. The van der Waals surface area contributed by atoms with E-state index in [1.807, 2.05) is 6.07 Å². The third-order valence-electron chi connectivity index (χ3n) is 4.05. The average Bonchev–Trinajstić information content (AvgIpc) is 2.68. The summed E-state index contributed by atoms with van der Waals surface area (Å²) >= 11 is 11.7. The molecule has 0 radical (unpaired) electrons. The molecule has 3 aromatic rings. The van der Waals surface area contributed by atoms with Crippen molar-refractivity contribution in [3.05, 3.63) is 99.8 Å². The Labute approximate surface area is 161 Å². The van der Waals surface area contributed by atoms with Crippen molar-refractivity contribution < 1.29 is 9.59 Å². The zero-order valence-electron chi connectivity index (χ0n) is 13.7. The average molecular weight is 384 g/mol. The summed E-state index contributed by atoms with van der Waals surface area (Å²) < 4.78 is 0. The van der Waals surface area contributed by atoms with Gasteiger partial charge in [0.15, 0.2) is 11.6 Å². The number of hydrogen-bond acceptors (Lipinski definition) is 3. The minimum Gasteiger partial charge on any atom is -0.293 e. The van der Waals surface area contributed by atoms with Gasteiger partial charge in [0.2, 0.25) is 0 Å². The monoisotopic (exact) mass is 383 g/mol.